The Kier molecular flexibility index (Phi) is 2.87. The van der Waals surface area contributed by atoms with Crippen LogP contribution in [0.5, 0.6) is 0 Å². The van der Waals surface area contributed by atoms with E-state index in [2.05, 4.69) is 11.0 Å². The molecule has 16 heavy (non-hydrogen) atoms. The Labute approximate surface area is 95.6 Å². The molecule has 0 aromatic heterocycles. The molecule has 2 aliphatic heterocycles. The first-order valence-corrected chi connectivity index (χ1v) is 5.54. The zero-order valence-electron chi connectivity index (χ0n) is 9.77. The first kappa shape index (κ1) is 11.4. The van der Waals surface area contributed by atoms with Crippen LogP contribution in [0, 0.1) is 16.7 Å². The highest BCUT2D eigenvalue weighted by molar-refractivity contribution is 5.86. The molecule has 0 aliphatic carbocycles. The van der Waals surface area contributed by atoms with Gasteiger partial charge in [0.1, 0.15) is 0 Å². The number of likely N-dealkylation sites (tertiary alicyclic amines) is 1. The summed E-state index contributed by atoms with van der Waals surface area (Å²) in [7, 11) is 3.84. The molecular formula is C11H17N3O2. The van der Waals surface area contributed by atoms with Gasteiger partial charge in [0.05, 0.1) is 19.3 Å². The van der Waals surface area contributed by atoms with E-state index in [9.17, 15) is 4.79 Å². The number of rotatable bonds is 2. The maximum Gasteiger partial charge on any atom is 0.247 e. The van der Waals surface area contributed by atoms with Gasteiger partial charge in [-0.3, -0.25) is 4.79 Å². The number of likely N-dealkylation sites (N-methyl/N-ethyl adjacent to an activating group) is 2. The zero-order chi connectivity index (χ0) is 11.8. The molecule has 1 unspecified atom stereocenters. The van der Waals surface area contributed by atoms with Gasteiger partial charge in [0.25, 0.3) is 0 Å². The van der Waals surface area contributed by atoms with Crippen LogP contribution in [0.25, 0.3) is 0 Å². The normalized spacial score (nSPS) is 28.2. The Bertz CT molecular complexity index is 333. The average molecular weight is 223 g/mol. The van der Waals surface area contributed by atoms with Crippen LogP contribution in [0.3, 0.4) is 0 Å². The van der Waals surface area contributed by atoms with E-state index in [1.165, 1.54) is 0 Å². The van der Waals surface area contributed by atoms with Crippen molar-refractivity contribution in [2.24, 2.45) is 5.41 Å². The van der Waals surface area contributed by atoms with Gasteiger partial charge in [-0.2, -0.15) is 5.26 Å². The predicted molar refractivity (Wildman–Crippen MR) is 57.5 cm³/mol. The Morgan fingerprint density at radius 3 is 2.69 bits per heavy atom. The van der Waals surface area contributed by atoms with Crippen LogP contribution in [0.4, 0.5) is 0 Å². The summed E-state index contributed by atoms with van der Waals surface area (Å²) in [6.07, 6.45) is 0.987. The van der Waals surface area contributed by atoms with Crippen LogP contribution in [-0.4, -0.2) is 62.1 Å². The first-order chi connectivity index (χ1) is 7.59. The Balaban J connectivity index is 2.02. The van der Waals surface area contributed by atoms with Crippen LogP contribution in [0.1, 0.15) is 6.42 Å². The van der Waals surface area contributed by atoms with Gasteiger partial charge in [-0.1, -0.05) is 0 Å². The summed E-state index contributed by atoms with van der Waals surface area (Å²) in [6, 6.07) is 2.34. The second-order valence-electron chi connectivity index (χ2n) is 4.81. The molecule has 2 saturated heterocycles. The Hall–Kier alpha value is -1.12. The molecule has 0 bridgehead atoms. The van der Waals surface area contributed by atoms with Crippen LogP contribution >= 0.6 is 0 Å². The first-order valence-electron chi connectivity index (χ1n) is 5.54. The second kappa shape index (κ2) is 4.04. The summed E-state index contributed by atoms with van der Waals surface area (Å²) >= 11 is 0. The minimum atomic E-state index is -0.907. The minimum absolute atomic E-state index is 0.0819. The van der Waals surface area contributed by atoms with E-state index in [-0.39, 0.29) is 25.2 Å². The van der Waals surface area contributed by atoms with Crippen molar-refractivity contribution in [1.29, 1.82) is 5.26 Å². The number of ether oxygens (including phenoxy) is 1. The van der Waals surface area contributed by atoms with E-state index in [0.717, 1.165) is 19.5 Å². The topological polar surface area (TPSA) is 56.6 Å². The van der Waals surface area contributed by atoms with Gasteiger partial charge in [0, 0.05) is 19.6 Å². The second-order valence-corrected chi connectivity index (χ2v) is 4.81. The number of amides is 1. The van der Waals surface area contributed by atoms with Crippen molar-refractivity contribution in [3.63, 3.8) is 0 Å². The molecule has 0 saturated carbocycles. The summed E-state index contributed by atoms with van der Waals surface area (Å²) in [6.45, 7) is 2.40. The standard InChI is InChI=1S/C11H17N3O2/c1-13-4-3-9(5-13)14(2)10(15)11(6-12)7-16-8-11/h9H,3-5,7-8H2,1-2H3. The van der Waals surface area contributed by atoms with Crippen molar-refractivity contribution in [3.05, 3.63) is 0 Å². The average Bonchev–Trinajstić information content (AvgIpc) is 2.63. The van der Waals surface area contributed by atoms with Gasteiger partial charge >= 0.3 is 0 Å². The fourth-order valence-corrected chi connectivity index (χ4v) is 2.27. The molecule has 0 aromatic rings. The smallest absolute Gasteiger partial charge is 0.247 e. The highest BCUT2D eigenvalue weighted by atomic mass is 16.5. The molecule has 2 aliphatic rings. The number of hydrogen-bond donors (Lipinski definition) is 0. The van der Waals surface area contributed by atoms with E-state index in [0.29, 0.717) is 0 Å². The summed E-state index contributed by atoms with van der Waals surface area (Å²) in [5.41, 5.74) is -0.907. The largest absolute Gasteiger partial charge is 0.377 e. The molecule has 1 atom stereocenters. The summed E-state index contributed by atoms with van der Waals surface area (Å²) in [5, 5.41) is 9.06. The molecule has 2 fully saturated rings. The molecule has 5 heteroatoms. The van der Waals surface area contributed by atoms with Crippen molar-refractivity contribution >= 4 is 5.91 Å². The van der Waals surface area contributed by atoms with E-state index in [4.69, 9.17) is 10.00 Å². The van der Waals surface area contributed by atoms with Gasteiger partial charge in [0.2, 0.25) is 5.91 Å². The van der Waals surface area contributed by atoms with Gasteiger partial charge < -0.3 is 14.5 Å². The van der Waals surface area contributed by atoms with Crippen molar-refractivity contribution < 1.29 is 9.53 Å². The van der Waals surface area contributed by atoms with Crippen molar-refractivity contribution in [3.8, 4) is 6.07 Å². The van der Waals surface area contributed by atoms with E-state index in [1.54, 1.807) is 11.9 Å². The predicted octanol–water partition coefficient (Wildman–Crippen LogP) is -0.311. The SMILES string of the molecule is CN1CCC(N(C)C(=O)C2(C#N)COC2)C1. The van der Waals surface area contributed by atoms with Gasteiger partial charge in [-0.15, -0.1) is 0 Å². The third kappa shape index (κ3) is 1.68. The van der Waals surface area contributed by atoms with Crippen LogP contribution < -0.4 is 0 Å². The number of nitriles is 1. The minimum Gasteiger partial charge on any atom is -0.377 e. The van der Waals surface area contributed by atoms with E-state index >= 15 is 0 Å². The molecule has 5 nitrogen and oxygen atoms in total. The van der Waals surface area contributed by atoms with Crippen LogP contribution in [-0.2, 0) is 9.53 Å². The van der Waals surface area contributed by atoms with Gasteiger partial charge in [-0.05, 0) is 20.0 Å². The Morgan fingerprint density at radius 1 is 1.62 bits per heavy atom. The lowest BCUT2D eigenvalue weighted by Crippen LogP contribution is -2.56. The maximum atomic E-state index is 12.2. The van der Waals surface area contributed by atoms with Crippen molar-refractivity contribution in [2.45, 2.75) is 12.5 Å². The van der Waals surface area contributed by atoms with Crippen LogP contribution in [0.15, 0.2) is 0 Å². The number of hydrogen-bond acceptors (Lipinski definition) is 4. The summed E-state index contributed by atoms with van der Waals surface area (Å²) < 4.78 is 5.00. The number of carbonyl (C=O) groups excluding carboxylic acids is 1. The monoisotopic (exact) mass is 223 g/mol. The highest BCUT2D eigenvalue weighted by Gasteiger charge is 2.49. The van der Waals surface area contributed by atoms with Crippen molar-refractivity contribution in [1.82, 2.24) is 9.80 Å². The van der Waals surface area contributed by atoms with Gasteiger partial charge in [-0.25, -0.2) is 0 Å². The number of nitrogens with zero attached hydrogens (tertiary/aromatic N) is 3. The number of carbonyl (C=O) groups is 1. The Morgan fingerprint density at radius 2 is 2.31 bits per heavy atom. The molecule has 1 amide bonds. The van der Waals surface area contributed by atoms with Gasteiger partial charge in [0.15, 0.2) is 5.41 Å². The highest BCUT2D eigenvalue weighted by Crippen LogP contribution is 2.30. The maximum absolute atomic E-state index is 12.2. The van der Waals surface area contributed by atoms with E-state index in [1.807, 2.05) is 7.05 Å². The quantitative estimate of drug-likeness (QED) is 0.644. The van der Waals surface area contributed by atoms with E-state index < -0.39 is 5.41 Å². The zero-order valence-corrected chi connectivity index (χ0v) is 9.77. The summed E-state index contributed by atoms with van der Waals surface area (Å²) in [4.78, 5) is 16.1. The molecule has 0 radical (unpaired) electrons. The van der Waals surface area contributed by atoms with Crippen molar-refractivity contribution in [2.75, 3.05) is 40.4 Å². The molecule has 2 rings (SSSR count). The molecule has 88 valence electrons. The molecular weight excluding hydrogens is 206 g/mol. The third-order valence-corrected chi connectivity index (χ3v) is 3.55. The molecule has 0 N–H and O–H groups in total. The van der Waals surface area contributed by atoms with Crippen LogP contribution in [0.2, 0.25) is 0 Å². The molecule has 0 spiro atoms. The fraction of sp³-hybridized carbons (Fsp3) is 0.818. The lowest BCUT2D eigenvalue weighted by atomic mass is 9.86. The molecule has 0 aromatic carbocycles. The fourth-order valence-electron chi connectivity index (χ4n) is 2.27. The molecule has 2 heterocycles. The lowest BCUT2D eigenvalue weighted by Gasteiger charge is -2.38. The lowest BCUT2D eigenvalue weighted by molar-refractivity contribution is -0.161. The summed E-state index contributed by atoms with van der Waals surface area (Å²) in [5.74, 6) is -0.0819. The third-order valence-electron chi connectivity index (χ3n) is 3.55.